The lowest BCUT2D eigenvalue weighted by Crippen LogP contribution is -2.10. The Labute approximate surface area is 301 Å². The third-order valence-electron chi connectivity index (χ3n) is 7.25. The third kappa shape index (κ3) is 4.35. The van der Waals surface area contributed by atoms with Gasteiger partial charge in [-0.05, 0) is 86.8 Å². The van der Waals surface area contributed by atoms with Gasteiger partial charge in [0.15, 0.2) is 0 Å². The molecule has 0 N–H and O–H groups in total. The van der Waals surface area contributed by atoms with E-state index in [1.807, 2.05) is 0 Å². The fourth-order valence-corrected chi connectivity index (χ4v) is 5.24. The molecule has 0 fully saturated rings. The van der Waals surface area contributed by atoms with Gasteiger partial charge in [-0.2, -0.15) is 0 Å². The summed E-state index contributed by atoms with van der Waals surface area (Å²) in [6, 6.07) is -13.3. The van der Waals surface area contributed by atoms with Crippen molar-refractivity contribution < 1.29 is 37.3 Å². The molecule has 0 bridgehead atoms. The summed E-state index contributed by atoms with van der Waals surface area (Å²) in [7, 11) is 0. The first-order valence-corrected chi connectivity index (χ1v) is 13.7. The van der Waals surface area contributed by atoms with Crippen molar-refractivity contribution in [2.45, 2.75) is 0 Å². The van der Waals surface area contributed by atoms with E-state index >= 15 is 0 Å². The second-order valence-electron chi connectivity index (χ2n) is 9.88. The van der Waals surface area contributed by atoms with Crippen LogP contribution in [0.1, 0.15) is 32.9 Å². The highest BCUT2D eigenvalue weighted by Gasteiger charge is 2.21. The van der Waals surface area contributed by atoms with Crippen LogP contribution in [0.4, 0.5) is 17.1 Å². The van der Waals surface area contributed by atoms with Gasteiger partial charge in [0.2, 0.25) is 0 Å². The van der Waals surface area contributed by atoms with Gasteiger partial charge in [-0.15, -0.1) is 0 Å². The van der Waals surface area contributed by atoms with Gasteiger partial charge >= 0.3 is 0 Å². The SMILES string of the molecule is [2H]c1c([2H])c([2H])c(N(c2c([2H])c([2H])c(-c3c([2H])c([2H])c4c([2H])c([2H])c([2H])c([2H])c4c3[2H])c([2H])c2[2H])c2c([2H])c([2H])c([2H])c3oc4c5c([2H])c([2H])c([2H])c([2H])c5c(-c5ccccc5)c([2H])c4c23)c([2H])c1[2H]. The average Bonchev–Trinajstić information content (AvgIpc) is 3.74. The molecule has 8 aromatic carbocycles. The smallest absolute Gasteiger partial charge is 0.143 e. The molecule has 0 spiro atoms. The van der Waals surface area contributed by atoms with Gasteiger partial charge in [-0.3, -0.25) is 0 Å². The Balaban J connectivity index is 1.52. The van der Waals surface area contributed by atoms with Crippen LogP contribution in [-0.4, -0.2) is 0 Å². The Morgan fingerprint density at radius 2 is 1.17 bits per heavy atom. The Bertz CT molecular complexity index is 3830. The zero-order valence-electron chi connectivity index (χ0n) is 47.2. The fraction of sp³-hybridized carbons (Fsp3) is 0. The summed E-state index contributed by atoms with van der Waals surface area (Å²) in [6.07, 6.45) is 0. The van der Waals surface area contributed by atoms with Crippen molar-refractivity contribution >= 4 is 60.5 Å². The first-order valence-electron chi connectivity index (χ1n) is 25.7. The van der Waals surface area contributed by atoms with Gasteiger partial charge < -0.3 is 9.32 Å². The average molecular weight is 612 g/mol. The first kappa shape index (κ1) is 11.7. The molecule has 0 aliphatic heterocycles. The van der Waals surface area contributed by atoms with E-state index in [0.717, 1.165) is 0 Å². The summed E-state index contributed by atoms with van der Waals surface area (Å²) < 4.78 is 221. The van der Waals surface area contributed by atoms with Crippen molar-refractivity contribution in [3.8, 4) is 22.3 Å². The summed E-state index contributed by atoms with van der Waals surface area (Å²) >= 11 is 0. The van der Waals surface area contributed by atoms with E-state index in [0.29, 0.717) is 4.90 Å². The van der Waals surface area contributed by atoms with Crippen molar-refractivity contribution in [1.82, 2.24) is 0 Å². The molecular formula is C44H29NO. The van der Waals surface area contributed by atoms with E-state index in [-0.39, 0.29) is 21.9 Å². The molecule has 0 radical (unpaired) electrons. The maximum Gasteiger partial charge on any atom is 0.143 e. The van der Waals surface area contributed by atoms with Crippen LogP contribution in [0, 0.1) is 0 Å². The lowest BCUT2D eigenvalue weighted by atomic mass is 9.95. The van der Waals surface area contributed by atoms with Crippen LogP contribution in [0.2, 0.25) is 0 Å². The lowest BCUT2D eigenvalue weighted by molar-refractivity contribution is 0.672. The highest BCUT2D eigenvalue weighted by Crippen LogP contribution is 2.46. The largest absolute Gasteiger partial charge is 0.455 e. The minimum atomic E-state index is -1.14. The van der Waals surface area contributed by atoms with E-state index in [9.17, 15) is 8.22 Å². The van der Waals surface area contributed by atoms with E-state index in [2.05, 4.69) is 0 Å². The molecule has 2 nitrogen and oxygen atoms in total. The molecule has 0 saturated heterocycles. The van der Waals surface area contributed by atoms with Crippen molar-refractivity contribution in [2.75, 3.05) is 4.90 Å². The molecule has 0 amide bonds. The summed E-state index contributed by atoms with van der Waals surface area (Å²) in [4.78, 5) is 0.559. The molecule has 1 aromatic heterocycles. The molecule has 0 aliphatic rings. The second kappa shape index (κ2) is 10.8. The highest BCUT2D eigenvalue weighted by molar-refractivity contribution is 6.22. The topological polar surface area (TPSA) is 16.4 Å². The number of hydrogen-bond donors (Lipinski definition) is 0. The maximum atomic E-state index is 9.82. The first-order chi connectivity index (χ1) is 32.8. The molecule has 1 heterocycles. The van der Waals surface area contributed by atoms with Gasteiger partial charge in [0.25, 0.3) is 0 Å². The quantitative estimate of drug-likeness (QED) is 0.192. The number of benzene rings is 8. The zero-order valence-corrected chi connectivity index (χ0v) is 23.2. The van der Waals surface area contributed by atoms with E-state index in [4.69, 9.17) is 29.1 Å². The molecule has 0 aliphatic carbocycles. The van der Waals surface area contributed by atoms with Crippen LogP contribution >= 0.6 is 0 Å². The van der Waals surface area contributed by atoms with Gasteiger partial charge in [0, 0.05) is 22.1 Å². The number of rotatable bonds is 5. The van der Waals surface area contributed by atoms with Crippen LogP contribution in [0.25, 0.3) is 65.7 Å². The number of anilines is 3. The van der Waals surface area contributed by atoms with E-state index < -0.39 is 206 Å². The Kier molecular flexibility index (Phi) is 2.74. The van der Waals surface area contributed by atoms with Crippen LogP contribution < -0.4 is 4.90 Å². The van der Waals surface area contributed by atoms with Crippen molar-refractivity contribution in [1.29, 1.82) is 0 Å². The van der Waals surface area contributed by atoms with Crippen molar-refractivity contribution in [3.05, 3.63) is 175 Å². The van der Waals surface area contributed by atoms with Crippen LogP contribution in [0.3, 0.4) is 0 Å². The summed E-state index contributed by atoms with van der Waals surface area (Å²) in [5, 5.41) is -2.53. The summed E-state index contributed by atoms with van der Waals surface area (Å²) in [6.45, 7) is 0. The second-order valence-corrected chi connectivity index (χ2v) is 9.88. The molecule has 9 rings (SSSR count). The molecular weight excluding hydrogens is 558 g/mol. The third-order valence-corrected chi connectivity index (χ3v) is 7.25. The highest BCUT2D eigenvalue weighted by atomic mass is 16.3. The Morgan fingerprint density at radius 3 is 2.00 bits per heavy atom. The van der Waals surface area contributed by atoms with Gasteiger partial charge in [-0.25, -0.2) is 0 Å². The predicted octanol–water partition coefficient (Wildman–Crippen LogP) is 12.7. The Morgan fingerprint density at radius 1 is 0.478 bits per heavy atom. The maximum absolute atomic E-state index is 9.82. The lowest BCUT2D eigenvalue weighted by Gasteiger charge is -2.26. The van der Waals surface area contributed by atoms with Crippen molar-refractivity contribution in [2.24, 2.45) is 0 Å². The normalized spacial score (nSPS) is 18.8. The number of nitrogens with zero attached hydrogens (tertiary/aromatic N) is 1. The number of fused-ring (bicyclic) bond motifs is 6. The zero-order chi connectivity index (χ0) is 51.3. The monoisotopic (exact) mass is 611 g/mol. The molecule has 9 aromatic rings. The van der Waals surface area contributed by atoms with Crippen LogP contribution in [-0.2, 0) is 0 Å². The number of hydrogen-bond acceptors (Lipinski definition) is 2. The Hall–Kier alpha value is -6.12. The molecule has 0 atom stereocenters. The molecule has 0 saturated carbocycles. The number of furan rings is 1. The molecule has 216 valence electrons. The van der Waals surface area contributed by atoms with Crippen LogP contribution in [0.5, 0.6) is 0 Å². The van der Waals surface area contributed by atoms with Gasteiger partial charge in [0.05, 0.1) is 44.0 Å². The molecule has 0 unspecified atom stereocenters. The van der Waals surface area contributed by atoms with Gasteiger partial charge in [-0.1, -0.05) is 127 Å². The predicted molar refractivity (Wildman–Crippen MR) is 194 cm³/mol. The van der Waals surface area contributed by atoms with E-state index in [1.165, 1.54) is 0 Å². The van der Waals surface area contributed by atoms with E-state index in [1.54, 1.807) is 30.3 Å². The fourth-order valence-electron chi connectivity index (χ4n) is 5.24. The van der Waals surface area contributed by atoms with Gasteiger partial charge in [0.1, 0.15) is 11.2 Å². The summed E-state index contributed by atoms with van der Waals surface area (Å²) in [5.74, 6) is 0. The minimum Gasteiger partial charge on any atom is -0.455 e. The standard InChI is InChI=1S/C44H29NO/c1-3-13-32(14-4-1)39-29-40-43-41(20-11-21-42(43)46-44(40)38-19-10-9-18-37(38)39)45(35-16-5-2-6-17-35)36-26-24-31(25-27-36)34-23-22-30-12-7-8-15-33(30)28-34/h1-29H/i2D,5D,6D,7D,8D,9D,10D,11D,12D,15D,16D,17D,18D,19D,20D,21D,22D,23D,24D,25D,26D,27D,28D,29D. The number of para-hydroxylation sites is 1. The molecule has 2 heteroatoms. The molecule has 46 heavy (non-hydrogen) atoms. The minimum absolute atomic E-state index is 0.105. The van der Waals surface area contributed by atoms with Crippen LogP contribution in [0.15, 0.2) is 180 Å². The summed E-state index contributed by atoms with van der Waals surface area (Å²) in [5.41, 5.74) is -5.27. The van der Waals surface area contributed by atoms with Crippen molar-refractivity contribution in [3.63, 3.8) is 0 Å².